The molecule has 0 spiro atoms. The molecular weight excluding hydrogens is 260 g/mol. The minimum absolute atomic E-state index is 0.0874. The Morgan fingerprint density at radius 1 is 1.55 bits per heavy atom. The maximum absolute atomic E-state index is 11.9. The van der Waals surface area contributed by atoms with Crippen molar-refractivity contribution in [3.05, 3.63) is 11.6 Å². The fraction of sp³-hybridized carbons (Fsp3) is 0.800. The van der Waals surface area contributed by atoms with Crippen molar-refractivity contribution in [1.29, 1.82) is 0 Å². The van der Waals surface area contributed by atoms with Crippen LogP contribution in [0.5, 0.6) is 0 Å². The maximum Gasteiger partial charge on any atom is 0.311 e. The third-order valence-corrected chi connectivity index (χ3v) is 3.88. The number of carbonyl (C=O) groups is 1. The van der Waals surface area contributed by atoms with Gasteiger partial charge in [0.05, 0.1) is 17.6 Å². The second-order valence-electron chi connectivity index (χ2n) is 5.63. The Bertz CT molecular complexity index is 352. The van der Waals surface area contributed by atoms with Gasteiger partial charge in [0.25, 0.3) is 0 Å². The van der Waals surface area contributed by atoms with Gasteiger partial charge in [0.2, 0.25) is 0 Å². The summed E-state index contributed by atoms with van der Waals surface area (Å²) in [4.78, 5) is 11.9. The molecule has 0 amide bonds. The van der Waals surface area contributed by atoms with Crippen LogP contribution in [0.2, 0.25) is 0 Å². The van der Waals surface area contributed by atoms with Crippen molar-refractivity contribution < 1.29 is 24.1 Å². The van der Waals surface area contributed by atoms with E-state index in [9.17, 15) is 9.90 Å². The summed E-state index contributed by atoms with van der Waals surface area (Å²) in [6.07, 6.45) is 3.41. The first kappa shape index (κ1) is 17.1. The van der Waals surface area contributed by atoms with E-state index in [4.69, 9.17) is 14.2 Å². The van der Waals surface area contributed by atoms with Crippen molar-refractivity contribution in [3.8, 4) is 0 Å². The van der Waals surface area contributed by atoms with Crippen LogP contribution < -0.4 is 0 Å². The number of carbonyl (C=O) groups excluding carboxylic acids is 1. The summed E-state index contributed by atoms with van der Waals surface area (Å²) in [7, 11) is 1.53. The molecule has 0 unspecified atom stereocenters. The summed E-state index contributed by atoms with van der Waals surface area (Å²) in [5.74, 6) is -1.04. The Labute approximate surface area is 120 Å². The molecule has 1 aliphatic rings. The fourth-order valence-corrected chi connectivity index (χ4v) is 2.37. The quantitative estimate of drug-likeness (QED) is 0.488. The number of aliphatic hydroxyl groups is 1. The Balaban J connectivity index is 2.90. The van der Waals surface area contributed by atoms with E-state index < -0.39 is 23.6 Å². The predicted molar refractivity (Wildman–Crippen MR) is 75.1 cm³/mol. The van der Waals surface area contributed by atoms with Crippen LogP contribution in [0, 0.1) is 5.92 Å². The lowest BCUT2D eigenvalue weighted by Crippen LogP contribution is -2.48. The first-order valence-corrected chi connectivity index (χ1v) is 7.04. The molecule has 0 saturated carbocycles. The minimum atomic E-state index is -0.927. The van der Waals surface area contributed by atoms with Gasteiger partial charge in [-0.3, -0.25) is 4.79 Å². The SMILES string of the molecule is COCO[C@]1(C)CCC/C(C)=C\COC(=O)[C@H](C)[C@H]1O. The highest BCUT2D eigenvalue weighted by Crippen LogP contribution is 2.29. The molecule has 116 valence electrons. The van der Waals surface area contributed by atoms with E-state index in [1.165, 1.54) is 12.7 Å². The van der Waals surface area contributed by atoms with Crippen LogP contribution in [0.25, 0.3) is 0 Å². The van der Waals surface area contributed by atoms with Gasteiger partial charge in [-0.1, -0.05) is 5.57 Å². The molecular formula is C15H26O5. The monoisotopic (exact) mass is 286 g/mol. The summed E-state index contributed by atoms with van der Waals surface area (Å²) in [6.45, 7) is 5.84. The highest BCUT2D eigenvalue weighted by Gasteiger charge is 2.40. The maximum atomic E-state index is 11.9. The van der Waals surface area contributed by atoms with Gasteiger partial charge < -0.3 is 19.3 Å². The number of cyclic esters (lactones) is 1. The van der Waals surface area contributed by atoms with Gasteiger partial charge in [-0.05, 0) is 46.1 Å². The molecule has 5 nitrogen and oxygen atoms in total. The van der Waals surface area contributed by atoms with Crippen LogP contribution in [-0.4, -0.2) is 43.3 Å². The number of ether oxygens (including phenoxy) is 3. The van der Waals surface area contributed by atoms with Crippen molar-refractivity contribution in [2.45, 2.75) is 51.7 Å². The Kier molecular flexibility index (Phi) is 6.65. The van der Waals surface area contributed by atoms with Gasteiger partial charge in [0.1, 0.15) is 13.4 Å². The lowest BCUT2D eigenvalue weighted by Gasteiger charge is -2.36. The van der Waals surface area contributed by atoms with Gasteiger partial charge in [-0.15, -0.1) is 0 Å². The number of methoxy groups -OCH3 is 1. The van der Waals surface area contributed by atoms with E-state index in [1.807, 2.05) is 19.9 Å². The second kappa shape index (κ2) is 7.76. The van der Waals surface area contributed by atoms with Crippen molar-refractivity contribution in [2.24, 2.45) is 5.92 Å². The smallest absolute Gasteiger partial charge is 0.311 e. The third-order valence-electron chi connectivity index (χ3n) is 3.88. The van der Waals surface area contributed by atoms with E-state index >= 15 is 0 Å². The molecule has 0 saturated heterocycles. The standard InChI is InChI=1S/C15H26O5/c1-11-6-5-8-15(3,20-10-18-4)13(16)12(2)14(17)19-9-7-11/h7,12-13,16H,5-6,8-10H2,1-4H3/b11-7-/t12-,13-,15-/m1/s1. The van der Waals surface area contributed by atoms with Crippen LogP contribution >= 0.6 is 0 Å². The molecule has 0 aromatic carbocycles. The summed E-state index contributed by atoms with van der Waals surface area (Å²) in [5.41, 5.74) is 0.356. The normalized spacial score (nSPS) is 35.6. The number of hydrogen-bond acceptors (Lipinski definition) is 5. The molecule has 1 heterocycles. The summed E-state index contributed by atoms with van der Waals surface area (Å²) in [6, 6.07) is 0. The molecule has 1 N–H and O–H groups in total. The number of aliphatic hydroxyl groups excluding tert-OH is 1. The second-order valence-corrected chi connectivity index (χ2v) is 5.63. The molecule has 20 heavy (non-hydrogen) atoms. The number of hydrogen-bond donors (Lipinski definition) is 1. The highest BCUT2D eigenvalue weighted by molar-refractivity contribution is 5.73. The molecule has 0 aliphatic carbocycles. The van der Waals surface area contributed by atoms with Crippen LogP contribution in [0.1, 0.15) is 40.0 Å². The van der Waals surface area contributed by atoms with Crippen molar-refractivity contribution in [1.82, 2.24) is 0 Å². The first-order valence-electron chi connectivity index (χ1n) is 7.04. The summed E-state index contributed by atoms with van der Waals surface area (Å²) in [5, 5.41) is 10.5. The van der Waals surface area contributed by atoms with Crippen LogP contribution in [0.4, 0.5) is 0 Å². The zero-order valence-electron chi connectivity index (χ0n) is 12.8. The van der Waals surface area contributed by atoms with Crippen LogP contribution in [0.15, 0.2) is 11.6 Å². The molecule has 1 aliphatic heterocycles. The zero-order chi connectivity index (χ0) is 15.2. The Morgan fingerprint density at radius 3 is 2.90 bits per heavy atom. The topological polar surface area (TPSA) is 65.0 Å². The molecule has 0 aromatic heterocycles. The van der Waals surface area contributed by atoms with E-state index in [0.717, 1.165) is 12.8 Å². The van der Waals surface area contributed by atoms with Gasteiger partial charge >= 0.3 is 5.97 Å². The lowest BCUT2D eigenvalue weighted by atomic mass is 9.85. The van der Waals surface area contributed by atoms with E-state index in [-0.39, 0.29) is 13.4 Å². The molecule has 1 rings (SSSR count). The Hall–Kier alpha value is -0.910. The van der Waals surface area contributed by atoms with Crippen LogP contribution in [0.3, 0.4) is 0 Å². The molecule has 0 fully saturated rings. The van der Waals surface area contributed by atoms with Crippen molar-refractivity contribution >= 4 is 5.97 Å². The first-order chi connectivity index (χ1) is 9.40. The lowest BCUT2D eigenvalue weighted by molar-refractivity contribution is -0.191. The third kappa shape index (κ3) is 4.58. The summed E-state index contributed by atoms with van der Waals surface area (Å²) < 4.78 is 15.8. The molecule has 5 heteroatoms. The van der Waals surface area contributed by atoms with Gasteiger partial charge in [0, 0.05) is 7.11 Å². The zero-order valence-corrected chi connectivity index (χ0v) is 12.8. The van der Waals surface area contributed by atoms with Crippen molar-refractivity contribution in [3.63, 3.8) is 0 Å². The summed E-state index contributed by atoms with van der Waals surface area (Å²) >= 11 is 0. The van der Waals surface area contributed by atoms with Gasteiger partial charge in [-0.25, -0.2) is 0 Å². The predicted octanol–water partition coefficient (Wildman–Crippen LogP) is 2.04. The number of rotatable bonds is 3. The minimum Gasteiger partial charge on any atom is -0.461 e. The highest BCUT2D eigenvalue weighted by atomic mass is 16.7. The number of esters is 1. The number of allylic oxidation sites excluding steroid dienone is 1. The largest absolute Gasteiger partial charge is 0.461 e. The molecule has 0 radical (unpaired) electrons. The van der Waals surface area contributed by atoms with Crippen molar-refractivity contribution in [2.75, 3.05) is 20.5 Å². The van der Waals surface area contributed by atoms with Crippen LogP contribution in [-0.2, 0) is 19.0 Å². The molecule has 0 aromatic rings. The molecule has 3 atom stereocenters. The van der Waals surface area contributed by atoms with Gasteiger partial charge in [-0.2, -0.15) is 0 Å². The average molecular weight is 286 g/mol. The van der Waals surface area contributed by atoms with E-state index in [2.05, 4.69) is 0 Å². The van der Waals surface area contributed by atoms with E-state index in [1.54, 1.807) is 6.92 Å². The van der Waals surface area contributed by atoms with E-state index in [0.29, 0.717) is 6.42 Å². The Morgan fingerprint density at radius 2 is 2.25 bits per heavy atom. The van der Waals surface area contributed by atoms with Gasteiger partial charge in [0.15, 0.2) is 0 Å². The molecule has 0 bridgehead atoms. The fourth-order valence-electron chi connectivity index (χ4n) is 2.37. The average Bonchev–Trinajstić information content (AvgIpc) is 2.43.